The molecule has 0 heterocycles. The Labute approximate surface area is 200 Å². The predicted octanol–water partition coefficient (Wildman–Crippen LogP) is 6.62. The minimum atomic E-state index is 0. The molecule has 1 radical (unpaired) electrons. The Bertz CT molecular complexity index is 392. The molecule has 4 saturated carbocycles. The summed E-state index contributed by atoms with van der Waals surface area (Å²) in [4.78, 5) is 12.3. The van der Waals surface area contributed by atoms with Gasteiger partial charge in [-0.1, -0.05) is 58.8 Å². The Balaban J connectivity index is 0.00000127. The minimum absolute atomic E-state index is 0. The van der Waals surface area contributed by atoms with Crippen molar-refractivity contribution in [2.75, 3.05) is 6.54 Å². The van der Waals surface area contributed by atoms with Gasteiger partial charge in [-0.25, -0.2) is 4.79 Å². The van der Waals surface area contributed by atoms with Gasteiger partial charge < -0.3 is 17.6 Å². The second-order valence-electron chi connectivity index (χ2n) is 9.26. The van der Waals surface area contributed by atoms with Crippen molar-refractivity contribution in [3.8, 4) is 0 Å². The Morgan fingerprint density at radius 3 is 1.71 bits per heavy atom. The molecule has 0 spiro atoms. The fourth-order valence-electron chi connectivity index (χ4n) is 6.11. The van der Waals surface area contributed by atoms with Gasteiger partial charge in [-0.2, -0.15) is 6.42 Å². The summed E-state index contributed by atoms with van der Waals surface area (Å²) in [5.74, 6) is 2.67. The molecular formula is C24H45N2OY-. The molecule has 0 aliphatic heterocycles. The molecule has 0 saturated heterocycles. The molecule has 2 amide bonds. The first-order valence-corrected chi connectivity index (χ1v) is 12.0. The molecule has 0 aromatic carbocycles. The standard InChI is InChI=1S/C22H39N2O.C2H6.Y/c1-2-3-4-5-6-7-8-9-10-11-23-21(25)24-22-15-18-12-19(16-22)14-20(13-18)17-22;1-2;/h18-20H,1-17H2,(H2,23,24,25);1-2H3;/q-1;;. The second-order valence-corrected chi connectivity index (χ2v) is 9.26. The SMILES string of the molecule is CC.[CH2-]CCCCCCCCCCNC(=O)NC12CC3CC(CC(C3)C1)C2.[Y]. The number of carbonyl (C=O) groups is 1. The fraction of sp³-hybridized carbons (Fsp3) is 0.917. The molecular weight excluding hydrogens is 421 g/mol. The van der Waals surface area contributed by atoms with Crippen molar-refractivity contribution in [2.24, 2.45) is 17.8 Å². The van der Waals surface area contributed by atoms with Crippen LogP contribution >= 0.6 is 0 Å². The van der Waals surface area contributed by atoms with E-state index in [2.05, 4.69) is 17.6 Å². The predicted molar refractivity (Wildman–Crippen MR) is 116 cm³/mol. The van der Waals surface area contributed by atoms with Gasteiger partial charge in [0.15, 0.2) is 0 Å². The van der Waals surface area contributed by atoms with Crippen LogP contribution in [0.15, 0.2) is 0 Å². The van der Waals surface area contributed by atoms with Gasteiger partial charge in [0.1, 0.15) is 0 Å². The van der Waals surface area contributed by atoms with E-state index in [-0.39, 0.29) is 44.3 Å². The summed E-state index contributed by atoms with van der Waals surface area (Å²) in [7, 11) is 0. The van der Waals surface area contributed by atoms with Crippen molar-refractivity contribution in [2.45, 2.75) is 116 Å². The molecule has 2 N–H and O–H groups in total. The number of rotatable bonds is 11. The van der Waals surface area contributed by atoms with Crippen LogP contribution in [-0.4, -0.2) is 18.1 Å². The molecule has 0 unspecified atom stereocenters. The number of carbonyl (C=O) groups excluding carboxylic acids is 1. The maximum atomic E-state index is 12.3. The Kier molecular flexibility index (Phi) is 13.6. The maximum Gasteiger partial charge on any atom is 0.315 e. The Hall–Kier alpha value is 0.374. The van der Waals surface area contributed by atoms with Crippen LogP contribution in [0.1, 0.15) is 110 Å². The molecule has 4 rings (SSSR count). The van der Waals surface area contributed by atoms with Crippen molar-refractivity contribution in [3.63, 3.8) is 0 Å². The number of amides is 2. The van der Waals surface area contributed by atoms with Gasteiger partial charge in [0.2, 0.25) is 0 Å². The summed E-state index contributed by atoms with van der Waals surface area (Å²) < 4.78 is 0. The molecule has 4 fully saturated rings. The van der Waals surface area contributed by atoms with Crippen molar-refractivity contribution < 1.29 is 37.5 Å². The minimum Gasteiger partial charge on any atom is -0.343 e. The number of urea groups is 1. The van der Waals surface area contributed by atoms with Gasteiger partial charge >= 0.3 is 6.03 Å². The summed E-state index contributed by atoms with van der Waals surface area (Å²) >= 11 is 0. The molecule has 4 heteroatoms. The van der Waals surface area contributed by atoms with Gasteiger partial charge in [0.25, 0.3) is 0 Å². The van der Waals surface area contributed by atoms with Crippen molar-refractivity contribution in [3.05, 3.63) is 6.92 Å². The molecule has 3 nitrogen and oxygen atoms in total. The first-order valence-electron chi connectivity index (χ1n) is 12.0. The molecule has 4 bridgehead atoms. The van der Waals surface area contributed by atoms with Crippen molar-refractivity contribution >= 4 is 6.03 Å². The zero-order valence-corrected chi connectivity index (χ0v) is 21.6. The monoisotopic (exact) mass is 466 g/mol. The van der Waals surface area contributed by atoms with Crippen molar-refractivity contribution in [1.82, 2.24) is 10.6 Å². The molecule has 0 atom stereocenters. The van der Waals surface area contributed by atoms with E-state index in [1.165, 1.54) is 83.5 Å². The molecule has 28 heavy (non-hydrogen) atoms. The normalized spacial score (nSPS) is 29.5. The van der Waals surface area contributed by atoms with Gasteiger partial charge in [-0.15, -0.1) is 0 Å². The van der Waals surface area contributed by atoms with Gasteiger partial charge in [-0.3, -0.25) is 0 Å². The maximum absolute atomic E-state index is 12.3. The fourth-order valence-corrected chi connectivity index (χ4v) is 6.11. The van der Waals surface area contributed by atoms with Gasteiger partial charge in [0.05, 0.1) is 0 Å². The number of unbranched alkanes of at least 4 members (excludes halogenated alkanes) is 8. The van der Waals surface area contributed by atoms with Crippen LogP contribution in [-0.2, 0) is 32.7 Å². The van der Waals surface area contributed by atoms with E-state index in [0.29, 0.717) is 0 Å². The molecule has 4 aliphatic rings. The first kappa shape index (κ1) is 26.4. The molecule has 0 aromatic rings. The average molecular weight is 467 g/mol. The number of hydrogen-bond donors (Lipinski definition) is 2. The number of nitrogens with one attached hydrogen (secondary N) is 2. The van der Waals surface area contributed by atoms with E-state index in [1.54, 1.807) is 0 Å². The van der Waals surface area contributed by atoms with Crippen molar-refractivity contribution in [1.29, 1.82) is 0 Å². The molecule has 0 aromatic heterocycles. The summed E-state index contributed by atoms with van der Waals surface area (Å²) in [6.07, 6.45) is 19.4. The third-order valence-electron chi connectivity index (χ3n) is 6.88. The van der Waals surface area contributed by atoms with E-state index in [0.717, 1.165) is 37.1 Å². The molecule has 161 valence electrons. The summed E-state index contributed by atoms with van der Waals surface area (Å²) in [5.41, 5.74) is 0.146. The smallest absolute Gasteiger partial charge is 0.315 e. The van der Waals surface area contributed by atoms with Crippen LogP contribution in [0.25, 0.3) is 0 Å². The largest absolute Gasteiger partial charge is 0.343 e. The zero-order valence-electron chi connectivity index (χ0n) is 18.7. The van der Waals surface area contributed by atoms with Gasteiger partial charge in [0, 0.05) is 44.8 Å². The van der Waals surface area contributed by atoms with E-state index >= 15 is 0 Å². The zero-order chi connectivity index (χ0) is 19.5. The summed E-state index contributed by atoms with van der Waals surface area (Å²) in [5, 5.41) is 6.52. The third-order valence-corrected chi connectivity index (χ3v) is 6.88. The van der Waals surface area contributed by atoms with E-state index in [9.17, 15) is 4.79 Å². The van der Waals surface area contributed by atoms with Crippen LogP contribution in [0.4, 0.5) is 4.79 Å². The van der Waals surface area contributed by atoms with E-state index in [1.807, 2.05) is 13.8 Å². The van der Waals surface area contributed by atoms with Crippen LogP contribution < -0.4 is 10.6 Å². The first-order chi connectivity index (χ1) is 13.2. The van der Waals surface area contributed by atoms with Crippen LogP contribution in [0.2, 0.25) is 0 Å². The number of hydrogen-bond acceptors (Lipinski definition) is 1. The summed E-state index contributed by atoms with van der Waals surface area (Å²) in [6.45, 7) is 8.72. The summed E-state index contributed by atoms with van der Waals surface area (Å²) in [6, 6.07) is 0.0927. The van der Waals surface area contributed by atoms with Crippen LogP contribution in [0, 0.1) is 24.7 Å². The van der Waals surface area contributed by atoms with E-state index < -0.39 is 0 Å². The Morgan fingerprint density at radius 2 is 1.25 bits per heavy atom. The quantitative estimate of drug-likeness (QED) is 0.261. The topological polar surface area (TPSA) is 41.1 Å². The third kappa shape index (κ3) is 8.62. The molecule has 4 aliphatic carbocycles. The van der Waals surface area contributed by atoms with Gasteiger partial charge in [-0.05, 0) is 62.7 Å². The second kappa shape index (κ2) is 14.4. The Morgan fingerprint density at radius 1 is 0.821 bits per heavy atom. The van der Waals surface area contributed by atoms with E-state index in [4.69, 9.17) is 0 Å². The van der Waals surface area contributed by atoms with Crippen LogP contribution in [0.3, 0.4) is 0 Å². The van der Waals surface area contributed by atoms with Crippen LogP contribution in [0.5, 0.6) is 0 Å². The average Bonchev–Trinajstić information content (AvgIpc) is 2.63.